The van der Waals surface area contributed by atoms with Crippen molar-refractivity contribution in [2.45, 2.75) is 45.1 Å². The molecule has 0 atom stereocenters. The van der Waals surface area contributed by atoms with Crippen molar-refractivity contribution in [3.05, 3.63) is 29.8 Å². The molecule has 0 heterocycles. The van der Waals surface area contributed by atoms with Crippen molar-refractivity contribution in [3.8, 4) is 0 Å². The second-order valence-electron chi connectivity index (χ2n) is 5.34. The average Bonchev–Trinajstić information content (AvgIpc) is 2.34. The molecule has 3 heteroatoms. The van der Waals surface area contributed by atoms with E-state index in [1.54, 1.807) is 0 Å². The average molecular weight is 246 g/mol. The molecule has 1 amide bonds. The Labute approximate surface area is 109 Å². The summed E-state index contributed by atoms with van der Waals surface area (Å²) in [6, 6.07) is 7.72. The maximum atomic E-state index is 12.3. The quantitative estimate of drug-likeness (QED) is 0.837. The Bertz CT molecular complexity index is 424. The lowest BCUT2D eigenvalue weighted by Crippen LogP contribution is -2.51. The van der Waals surface area contributed by atoms with E-state index in [2.05, 4.69) is 24.5 Å². The van der Waals surface area contributed by atoms with Crippen LogP contribution in [0.3, 0.4) is 0 Å². The first-order valence-corrected chi connectivity index (χ1v) is 6.80. The summed E-state index contributed by atoms with van der Waals surface area (Å²) in [7, 11) is 0. The molecule has 2 rings (SSSR count). The van der Waals surface area contributed by atoms with Crippen LogP contribution in [-0.2, 0) is 0 Å². The van der Waals surface area contributed by atoms with Gasteiger partial charge in [-0.05, 0) is 44.7 Å². The summed E-state index contributed by atoms with van der Waals surface area (Å²) in [4.78, 5) is 12.3. The summed E-state index contributed by atoms with van der Waals surface area (Å²) in [5.74, 6) is 0.0383. The zero-order valence-corrected chi connectivity index (χ0v) is 11.3. The number of hydrogen-bond donors (Lipinski definition) is 2. The van der Waals surface area contributed by atoms with E-state index in [1.807, 2.05) is 24.3 Å². The lowest BCUT2D eigenvalue weighted by molar-refractivity contribution is 0.0851. The highest BCUT2D eigenvalue weighted by Crippen LogP contribution is 2.31. The highest BCUT2D eigenvalue weighted by Gasteiger charge is 2.33. The number of nitrogens with one attached hydrogen (secondary N) is 2. The van der Waals surface area contributed by atoms with Gasteiger partial charge in [0.05, 0.1) is 5.56 Å². The first kappa shape index (κ1) is 12.9. The fourth-order valence-corrected chi connectivity index (χ4v) is 2.27. The van der Waals surface area contributed by atoms with Crippen LogP contribution in [0.4, 0.5) is 5.69 Å². The molecule has 2 N–H and O–H groups in total. The van der Waals surface area contributed by atoms with Crippen molar-refractivity contribution < 1.29 is 4.79 Å². The van der Waals surface area contributed by atoms with Gasteiger partial charge >= 0.3 is 0 Å². The molecule has 1 fully saturated rings. The number of para-hydroxylation sites is 1. The summed E-state index contributed by atoms with van der Waals surface area (Å²) >= 11 is 0. The van der Waals surface area contributed by atoms with E-state index < -0.39 is 0 Å². The van der Waals surface area contributed by atoms with Gasteiger partial charge in [-0.15, -0.1) is 0 Å². The summed E-state index contributed by atoms with van der Waals surface area (Å²) in [6.45, 7) is 5.13. The molecule has 0 spiro atoms. The van der Waals surface area contributed by atoms with E-state index in [4.69, 9.17) is 0 Å². The highest BCUT2D eigenvalue weighted by atomic mass is 16.1. The van der Waals surface area contributed by atoms with Crippen LogP contribution in [-0.4, -0.2) is 18.0 Å². The van der Waals surface area contributed by atoms with E-state index in [0.29, 0.717) is 0 Å². The highest BCUT2D eigenvalue weighted by molar-refractivity contribution is 6.00. The molecule has 0 saturated heterocycles. The van der Waals surface area contributed by atoms with Gasteiger partial charge in [-0.2, -0.15) is 0 Å². The molecule has 0 bridgehead atoms. The third-order valence-corrected chi connectivity index (χ3v) is 3.61. The number of amides is 1. The smallest absolute Gasteiger partial charge is 0.253 e. The zero-order chi connectivity index (χ0) is 13.0. The fraction of sp³-hybridized carbons (Fsp3) is 0.533. The molecule has 1 aromatic rings. The van der Waals surface area contributed by atoms with Crippen LogP contribution in [0.2, 0.25) is 0 Å². The van der Waals surface area contributed by atoms with E-state index >= 15 is 0 Å². The van der Waals surface area contributed by atoms with Crippen molar-refractivity contribution in [3.63, 3.8) is 0 Å². The Hall–Kier alpha value is -1.51. The Balaban J connectivity index is 2.08. The van der Waals surface area contributed by atoms with Crippen molar-refractivity contribution >= 4 is 11.6 Å². The molecule has 0 radical (unpaired) electrons. The molecule has 0 unspecified atom stereocenters. The number of carbonyl (C=O) groups excluding carboxylic acids is 1. The largest absolute Gasteiger partial charge is 0.384 e. The molecule has 3 nitrogen and oxygen atoms in total. The maximum absolute atomic E-state index is 12.3. The fourth-order valence-electron chi connectivity index (χ4n) is 2.27. The van der Waals surface area contributed by atoms with Crippen LogP contribution >= 0.6 is 0 Å². The van der Waals surface area contributed by atoms with E-state index in [0.717, 1.165) is 37.1 Å². The molecule has 0 aliphatic heterocycles. The monoisotopic (exact) mass is 246 g/mol. The van der Waals surface area contributed by atoms with Crippen LogP contribution in [0.5, 0.6) is 0 Å². The van der Waals surface area contributed by atoms with Gasteiger partial charge in [0.2, 0.25) is 0 Å². The number of hydrogen-bond acceptors (Lipinski definition) is 2. The third kappa shape index (κ3) is 2.84. The van der Waals surface area contributed by atoms with Crippen LogP contribution < -0.4 is 10.6 Å². The van der Waals surface area contributed by atoms with Gasteiger partial charge < -0.3 is 10.6 Å². The predicted octanol–water partition coefficient (Wildman–Crippen LogP) is 3.18. The van der Waals surface area contributed by atoms with Gasteiger partial charge in [-0.3, -0.25) is 4.79 Å². The molecule has 0 aromatic heterocycles. The third-order valence-electron chi connectivity index (χ3n) is 3.61. The summed E-state index contributed by atoms with van der Waals surface area (Å²) < 4.78 is 0. The minimum Gasteiger partial charge on any atom is -0.384 e. The van der Waals surface area contributed by atoms with Crippen molar-refractivity contribution in [1.29, 1.82) is 0 Å². The Morgan fingerprint density at radius 1 is 1.33 bits per heavy atom. The first-order valence-electron chi connectivity index (χ1n) is 6.80. The second kappa shape index (κ2) is 5.42. The van der Waals surface area contributed by atoms with Gasteiger partial charge in [0.15, 0.2) is 0 Å². The number of rotatable bonds is 5. The van der Waals surface area contributed by atoms with Crippen molar-refractivity contribution in [2.75, 3.05) is 11.9 Å². The van der Waals surface area contributed by atoms with Gasteiger partial charge in [0.25, 0.3) is 5.91 Å². The van der Waals surface area contributed by atoms with E-state index in [-0.39, 0.29) is 11.4 Å². The minimum absolute atomic E-state index is 0.00888. The van der Waals surface area contributed by atoms with Gasteiger partial charge in [0.1, 0.15) is 0 Å². The molecular weight excluding hydrogens is 224 g/mol. The number of anilines is 1. The van der Waals surface area contributed by atoms with Crippen molar-refractivity contribution in [1.82, 2.24) is 5.32 Å². The Morgan fingerprint density at radius 3 is 2.67 bits per heavy atom. The van der Waals surface area contributed by atoms with Crippen LogP contribution in [0, 0.1) is 0 Å². The lowest BCUT2D eigenvalue weighted by atomic mass is 9.78. The topological polar surface area (TPSA) is 41.1 Å². The Morgan fingerprint density at radius 2 is 2.06 bits per heavy atom. The maximum Gasteiger partial charge on any atom is 0.253 e. The molecule has 18 heavy (non-hydrogen) atoms. The molecule has 98 valence electrons. The standard InChI is InChI=1S/C15H22N2O/c1-3-11-16-13-8-5-4-7-12(13)14(18)17-15(2)9-6-10-15/h4-5,7-8,16H,3,6,9-11H2,1-2H3,(H,17,18). The molecule has 1 aliphatic carbocycles. The first-order chi connectivity index (χ1) is 8.64. The minimum atomic E-state index is 0.00888. The van der Waals surface area contributed by atoms with Crippen molar-refractivity contribution in [2.24, 2.45) is 0 Å². The van der Waals surface area contributed by atoms with Crippen LogP contribution in [0.1, 0.15) is 49.9 Å². The lowest BCUT2D eigenvalue weighted by Gasteiger charge is -2.39. The number of carbonyl (C=O) groups is 1. The molecule has 1 aliphatic rings. The van der Waals surface area contributed by atoms with Crippen LogP contribution in [0.25, 0.3) is 0 Å². The van der Waals surface area contributed by atoms with E-state index in [1.165, 1.54) is 6.42 Å². The molecular formula is C15H22N2O. The Kier molecular flexibility index (Phi) is 3.90. The normalized spacial score (nSPS) is 16.8. The van der Waals surface area contributed by atoms with Crippen LogP contribution in [0.15, 0.2) is 24.3 Å². The zero-order valence-electron chi connectivity index (χ0n) is 11.3. The predicted molar refractivity (Wildman–Crippen MR) is 74.9 cm³/mol. The van der Waals surface area contributed by atoms with E-state index in [9.17, 15) is 4.79 Å². The summed E-state index contributed by atoms with van der Waals surface area (Å²) in [6.07, 6.45) is 4.44. The van der Waals surface area contributed by atoms with Gasteiger partial charge in [-0.1, -0.05) is 19.1 Å². The second-order valence-corrected chi connectivity index (χ2v) is 5.34. The summed E-state index contributed by atoms with van der Waals surface area (Å²) in [5, 5.41) is 6.45. The number of benzene rings is 1. The molecule has 1 saturated carbocycles. The van der Waals surface area contributed by atoms with Gasteiger partial charge in [0, 0.05) is 17.8 Å². The SMILES string of the molecule is CCCNc1ccccc1C(=O)NC1(C)CCC1. The van der Waals surface area contributed by atoms with Gasteiger partial charge in [-0.25, -0.2) is 0 Å². The molecule has 1 aromatic carbocycles. The summed E-state index contributed by atoms with van der Waals surface area (Å²) in [5.41, 5.74) is 1.69.